The zero-order valence-electron chi connectivity index (χ0n) is 19.0. The van der Waals surface area contributed by atoms with Gasteiger partial charge in [0.1, 0.15) is 0 Å². The number of fused-ring (bicyclic) bond motifs is 1. The van der Waals surface area contributed by atoms with Crippen molar-refractivity contribution >= 4 is 32.0 Å². The lowest BCUT2D eigenvalue weighted by Crippen LogP contribution is -2.36. The van der Waals surface area contributed by atoms with E-state index in [0.717, 1.165) is 22.3 Å². The van der Waals surface area contributed by atoms with E-state index in [1.807, 2.05) is 29.0 Å². The molecule has 1 aliphatic heterocycles. The summed E-state index contributed by atoms with van der Waals surface area (Å²) in [5.74, 6) is 0.00167. The standard InChI is InChI=1S/C23H30N2O7S2/c1-2-22(33(27,28)29)11-7-17-3-5-18(6-4-17)8-12-23(26)25-14-13-19-9-10-21(15-20(19)16-25)24-34(30,31)32/h3-6,9-10,15,22,24H,2,7-8,11-14,16H2,1H3,(H,27,28,29)(H,30,31,32). The van der Waals surface area contributed by atoms with E-state index in [-0.39, 0.29) is 11.6 Å². The molecule has 3 rings (SSSR count). The number of nitrogens with zero attached hydrogens (tertiary/aromatic N) is 1. The summed E-state index contributed by atoms with van der Waals surface area (Å²) in [6.07, 6.45) is 2.82. The van der Waals surface area contributed by atoms with Crippen LogP contribution in [0.4, 0.5) is 5.69 Å². The van der Waals surface area contributed by atoms with Crippen molar-refractivity contribution in [3.63, 3.8) is 0 Å². The highest BCUT2D eigenvalue weighted by Gasteiger charge is 2.22. The number of hydrogen-bond acceptors (Lipinski definition) is 5. The zero-order chi connectivity index (χ0) is 24.9. The minimum Gasteiger partial charge on any atom is -0.338 e. The van der Waals surface area contributed by atoms with Crippen molar-refractivity contribution in [1.82, 2.24) is 4.90 Å². The van der Waals surface area contributed by atoms with E-state index in [1.165, 1.54) is 0 Å². The lowest BCUT2D eigenvalue weighted by molar-refractivity contribution is -0.132. The van der Waals surface area contributed by atoms with Crippen LogP contribution in [0.5, 0.6) is 0 Å². The fraction of sp³-hybridized carbons (Fsp3) is 0.435. The second kappa shape index (κ2) is 10.9. The average molecular weight is 511 g/mol. The summed E-state index contributed by atoms with van der Waals surface area (Å²) >= 11 is 0. The lowest BCUT2D eigenvalue weighted by Gasteiger charge is -2.29. The third-order valence-corrected chi connectivity index (χ3v) is 8.01. The summed E-state index contributed by atoms with van der Waals surface area (Å²) in [6, 6.07) is 12.7. The Morgan fingerprint density at radius 2 is 1.65 bits per heavy atom. The minimum atomic E-state index is -4.36. The Bertz CT molecular complexity index is 1230. The monoisotopic (exact) mass is 510 g/mol. The van der Waals surface area contributed by atoms with Crippen LogP contribution in [0.25, 0.3) is 0 Å². The number of hydrogen-bond donors (Lipinski definition) is 3. The van der Waals surface area contributed by atoms with Gasteiger partial charge in [-0.2, -0.15) is 16.8 Å². The van der Waals surface area contributed by atoms with Gasteiger partial charge in [-0.05, 0) is 66.5 Å². The van der Waals surface area contributed by atoms with Crippen LogP contribution in [0.1, 0.15) is 48.4 Å². The van der Waals surface area contributed by atoms with Crippen molar-refractivity contribution in [3.05, 3.63) is 64.7 Å². The van der Waals surface area contributed by atoms with Gasteiger partial charge in [0.15, 0.2) is 0 Å². The minimum absolute atomic E-state index is 0.00167. The molecule has 9 nitrogen and oxygen atoms in total. The molecule has 1 aliphatic rings. The van der Waals surface area contributed by atoms with Gasteiger partial charge >= 0.3 is 10.3 Å². The predicted molar refractivity (Wildman–Crippen MR) is 129 cm³/mol. The summed E-state index contributed by atoms with van der Waals surface area (Å²) in [5, 5.41) is -0.764. The average Bonchev–Trinajstić information content (AvgIpc) is 2.76. The van der Waals surface area contributed by atoms with Crippen LogP contribution in [0.15, 0.2) is 42.5 Å². The van der Waals surface area contributed by atoms with Crippen molar-refractivity contribution in [3.8, 4) is 0 Å². The molecule has 3 N–H and O–H groups in total. The molecule has 0 saturated heterocycles. The molecule has 0 fully saturated rings. The molecule has 2 aromatic rings. The van der Waals surface area contributed by atoms with Crippen LogP contribution >= 0.6 is 0 Å². The molecule has 1 atom stereocenters. The Morgan fingerprint density at radius 3 is 2.24 bits per heavy atom. The van der Waals surface area contributed by atoms with Crippen molar-refractivity contribution in [2.75, 3.05) is 11.3 Å². The first kappa shape index (κ1) is 26.1. The van der Waals surface area contributed by atoms with Gasteiger partial charge < -0.3 is 4.90 Å². The zero-order valence-corrected chi connectivity index (χ0v) is 20.6. The largest absolute Gasteiger partial charge is 0.357 e. The van der Waals surface area contributed by atoms with Gasteiger partial charge in [-0.3, -0.25) is 18.6 Å². The number of rotatable bonds is 10. The molecule has 0 radical (unpaired) electrons. The summed E-state index contributed by atoms with van der Waals surface area (Å²) in [7, 11) is -8.40. The highest BCUT2D eigenvalue weighted by Crippen LogP contribution is 2.24. The van der Waals surface area contributed by atoms with Crippen LogP contribution < -0.4 is 4.72 Å². The Labute approximate surface area is 200 Å². The number of carbonyl (C=O) groups excluding carboxylic acids is 1. The first-order valence-electron chi connectivity index (χ1n) is 11.1. The quantitative estimate of drug-likeness (QED) is 0.417. The molecule has 1 heterocycles. The van der Waals surface area contributed by atoms with Crippen molar-refractivity contribution in [2.24, 2.45) is 0 Å². The molecule has 0 saturated carbocycles. The number of amides is 1. The molecule has 2 aromatic carbocycles. The Kier molecular flexibility index (Phi) is 8.34. The van der Waals surface area contributed by atoms with E-state index in [9.17, 15) is 26.2 Å². The second-order valence-corrected chi connectivity index (χ2v) is 11.4. The third kappa shape index (κ3) is 7.52. The first-order chi connectivity index (χ1) is 15.9. The van der Waals surface area contributed by atoms with Gasteiger partial charge in [0.2, 0.25) is 5.91 Å². The van der Waals surface area contributed by atoms with Crippen LogP contribution in [-0.2, 0) is 51.0 Å². The first-order valence-corrected chi connectivity index (χ1v) is 14.1. The maximum Gasteiger partial charge on any atom is 0.357 e. The molecular formula is C23H30N2O7S2. The fourth-order valence-electron chi connectivity index (χ4n) is 4.16. The van der Waals surface area contributed by atoms with Gasteiger partial charge in [0.05, 0.1) is 10.9 Å². The SMILES string of the molecule is CCC(CCc1ccc(CCC(=O)N2CCc3ccc(NS(=O)(=O)O)cc3C2)cc1)S(=O)(=O)O. The topological polar surface area (TPSA) is 141 Å². The van der Waals surface area contributed by atoms with Crippen LogP contribution in [0.3, 0.4) is 0 Å². The van der Waals surface area contributed by atoms with Gasteiger partial charge in [-0.1, -0.05) is 37.3 Å². The number of anilines is 1. The van der Waals surface area contributed by atoms with Crippen molar-refractivity contribution < 1.29 is 30.7 Å². The van der Waals surface area contributed by atoms with Crippen LogP contribution in [-0.4, -0.2) is 48.5 Å². The normalized spacial score (nSPS) is 15.0. The summed E-state index contributed by atoms with van der Waals surface area (Å²) in [5.41, 5.74) is 4.10. The number of nitrogens with one attached hydrogen (secondary N) is 1. The number of aryl methyl sites for hydroxylation is 2. The number of carbonyl (C=O) groups is 1. The van der Waals surface area contributed by atoms with E-state index in [2.05, 4.69) is 0 Å². The predicted octanol–water partition coefficient (Wildman–Crippen LogP) is 3.02. The molecule has 0 aromatic heterocycles. The van der Waals surface area contributed by atoms with Gasteiger partial charge in [0.25, 0.3) is 10.1 Å². The second-order valence-electron chi connectivity index (χ2n) is 8.53. The van der Waals surface area contributed by atoms with Gasteiger partial charge in [0, 0.05) is 19.5 Å². The third-order valence-electron chi connectivity index (χ3n) is 6.10. The van der Waals surface area contributed by atoms with Gasteiger partial charge in [-0.15, -0.1) is 0 Å². The highest BCUT2D eigenvalue weighted by atomic mass is 32.2. The molecule has 186 valence electrons. The summed E-state index contributed by atoms with van der Waals surface area (Å²) in [4.78, 5) is 14.5. The summed E-state index contributed by atoms with van der Waals surface area (Å²) in [6.45, 7) is 2.69. The maximum atomic E-state index is 12.8. The summed E-state index contributed by atoms with van der Waals surface area (Å²) < 4.78 is 65.0. The van der Waals surface area contributed by atoms with E-state index in [0.29, 0.717) is 51.6 Å². The smallest absolute Gasteiger partial charge is 0.338 e. The number of benzene rings is 2. The molecule has 1 unspecified atom stereocenters. The van der Waals surface area contributed by atoms with E-state index in [4.69, 9.17) is 4.55 Å². The van der Waals surface area contributed by atoms with E-state index in [1.54, 1.807) is 30.0 Å². The fourth-order valence-corrected chi connectivity index (χ4v) is 5.42. The van der Waals surface area contributed by atoms with E-state index >= 15 is 0 Å². The molecule has 0 bridgehead atoms. The molecule has 0 aliphatic carbocycles. The Morgan fingerprint density at radius 1 is 1.00 bits per heavy atom. The van der Waals surface area contributed by atoms with Gasteiger partial charge in [-0.25, -0.2) is 0 Å². The highest BCUT2D eigenvalue weighted by molar-refractivity contribution is 7.87. The lowest BCUT2D eigenvalue weighted by atomic mass is 9.98. The van der Waals surface area contributed by atoms with Crippen molar-refractivity contribution in [1.29, 1.82) is 0 Å². The van der Waals surface area contributed by atoms with Crippen LogP contribution in [0, 0.1) is 0 Å². The van der Waals surface area contributed by atoms with Crippen molar-refractivity contribution in [2.45, 2.75) is 57.2 Å². The Hall–Kier alpha value is -2.47. The molecule has 0 spiro atoms. The molecule has 34 heavy (non-hydrogen) atoms. The van der Waals surface area contributed by atoms with E-state index < -0.39 is 25.7 Å². The van der Waals surface area contributed by atoms with Crippen LogP contribution in [0.2, 0.25) is 0 Å². The molecular weight excluding hydrogens is 480 g/mol. The maximum absolute atomic E-state index is 12.8. The Balaban J connectivity index is 1.53. The molecule has 11 heteroatoms. The molecule has 1 amide bonds.